The number of rotatable bonds is 6. The van der Waals surface area contributed by atoms with Crippen molar-refractivity contribution in [2.75, 3.05) is 20.3 Å². The first-order chi connectivity index (χ1) is 8.22. The van der Waals surface area contributed by atoms with Crippen LogP contribution in [0.4, 0.5) is 0 Å². The minimum Gasteiger partial charge on any atom is -0.504 e. The molecule has 0 aromatic heterocycles. The fourth-order valence-corrected chi connectivity index (χ4v) is 1.44. The lowest BCUT2D eigenvalue weighted by Crippen LogP contribution is -2.21. The van der Waals surface area contributed by atoms with Crippen molar-refractivity contribution in [1.29, 1.82) is 5.26 Å². The number of hydrogen-bond donors (Lipinski definition) is 3. The molecule has 0 amide bonds. The topological polar surface area (TPSA) is 85.5 Å². The maximum absolute atomic E-state index is 9.44. The summed E-state index contributed by atoms with van der Waals surface area (Å²) in [6.07, 6.45) is 0.591. The number of nitrogens with zero attached hydrogens (tertiary/aromatic N) is 1. The summed E-state index contributed by atoms with van der Waals surface area (Å²) in [6.45, 7) is 0.641. The summed E-state index contributed by atoms with van der Waals surface area (Å²) in [5, 5.41) is 30.1. The molecule has 0 radical (unpaired) electrons. The Balaban J connectivity index is 2.78. The molecule has 92 valence electrons. The third-order valence-corrected chi connectivity index (χ3v) is 2.35. The number of ether oxygens (including phenoxy) is 1. The molecule has 0 fully saturated rings. The van der Waals surface area contributed by atoms with Crippen LogP contribution in [0.3, 0.4) is 0 Å². The van der Waals surface area contributed by atoms with Crippen molar-refractivity contribution in [3.8, 4) is 17.6 Å². The van der Waals surface area contributed by atoms with Crippen molar-refractivity contribution in [2.45, 2.75) is 12.5 Å². The average Bonchev–Trinajstić information content (AvgIpc) is 2.36. The second-order valence-electron chi connectivity index (χ2n) is 3.52. The highest BCUT2D eigenvalue weighted by Gasteiger charge is 2.12. The average molecular weight is 236 g/mol. The van der Waals surface area contributed by atoms with Gasteiger partial charge in [0.1, 0.15) is 6.04 Å². The van der Waals surface area contributed by atoms with Crippen LogP contribution in [0, 0.1) is 11.3 Å². The maximum atomic E-state index is 9.44. The van der Waals surface area contributed by atoms with Gasteiger partial charge in [0.05, 0.1) is 13.2 Å². The van der Waals surface area contributed by atoms with Gasteiger partial charge in [-0.15, -0.1) is 0 Å². The Morgan fingerprint density at radius 1 is 1.53 bits per heavy atom. The van der Waals surface area contributed by atoms with E-state index in [0.29, 0.717) is 18.7 Å². The van der Waals surface area contributed by atoms with Gasteiger partial charge < -0.3 is 14.9 Å². The number of methoxy groups -OCH3 is 1. The Labute approximate surface area is 100 Å². The lowest BCUT2D eigenvalue weighted by molar-refractivity contribution is 0.285. The molecule has 0 spiro atoms. The zero-order valence-electron chi connectivity index (χ0n) is 9.68. The fraction of sp³-hybridized carbons (Fsp3) is 0.417. The Morgan fingerprint density at radius 2 is 2.29 bits per heavy atom. The van der Waals surface area contributed by atoms with Crippen LogP contribution in [0.25, 0.3) is 0 Å². The van der Waals surface area contributed by atoms with Gasteiger partial charge in [0.2, 0.25) is 0 Å². The van der Waals surface area contributed by atoms with Crippen molar-refractivity contribution < 1.29 is 14.9 Å². The largest absolute Gasteiger partial charge is 0.504 e. The number of benzene rings is 1. The quantitative estimate of drug-likeness (QED) is 0.640. The van der Waals surface area contributed by atoms with E-state index in [1.165, 1.54) is 13.2 Å². The molecule has 1 aromatic carbocycles. The molecule has 0 saturated heterocycles. The predicted molar refractivity (Wildman–Crippen MR) is 62.7 cm³/mol. The van der Waals surface area contributed by atoms with E-state index in [-0.39, 0.29) is 12.4 Å². The number of hydrogen-bond acceptors (Lipinski definition) is 5. The number of phenols is 1. The summed E-state index contributed by atoms with van der Waals surface area (Å²) in [5.41, 5.74) is 0.722. The molecular weight excluding hydrogens is 220 g/mol. The van der Waals surface area contributed by atoms with E-state index in [2.05, 4.69) is 11.4 Å². The van der Waals surface area contributed by atoms with E-state index in [1.807, 2.05) is 0 Å². The molecule has 5 heteroatoms. The Morgan fingerprint density at radius 3 is 2.88 bits per heavy atom. The van der Waals surface area contributed by atoms with E-state index in [1.54, 1.807) is 12.1 Å². The van der Waals surface area contributed by atoms with Gasteiger partial charge in [-0.25, -0.2) is 0 Å². The van der Waals surface area contributed by atoms with Gasteiger partial charge in [0.15, 0.2) is 11.5 Å². The van der Waals surface area contributed by atoms with Gasteiger partial charge in [-0.05, 0) is 30.7 Å². The summed E-state index contributed by atoms with van der Waals surface area (Å²) in [4.78, 5) is 0. The number of nitriles is 1. The van der Waals surface area contributed by atoms with Crippen molar-refractivity contribution in [2.24, 2.45) is 0 Å². The van der Waals surface area contributed by atoms with Crippen LogP contribution in [-0.2, 0) is 0 Å². The van der Waals surface area contributed by atoms with Crippen LogP contribution in [-0.4, -0.2) is 30.5 Å². The first-order valence-corrected chi connectivity index (χ1v) is 5.33. The highest BCUT2D eigenvalue weighted by atomic mass is 16.5. The fourth-order valence-electron chi connectivity index (χ4n) is 1.44. The van der Waals surface area contributed by atoms with Gasteiger partial charge in [0.25, 0.3) is 0 Å². The van der Waals surface area contributed by atoms with E-state index in [4.69, 9.17) is 15.1 Å². The Kier molecular flexibility index (Phi) is 5.27. The number of aliphatic hydroxyl groups excluding tert-OH is 1. The van der Waals surface area contributed by atoms with Crippen LogP contribution in [0.1, 0.15) is 18.0 Å². The Bertz CT molecular complexity index is 401. The first-order valence-electron chi connectivity index (χ1n) is 5.33. The molecule has 0 bridgehead atoms. The molecule has 1 aromatic rings. The van der Waals surface area contributed by atoms with E-state index in [9.17, 15) is 5.11 Å². The van der Waals surface area contributed by atoms with Crippen molar-refractivity contribution in [3.63, 3.8) is 0 Å². The Hall–Kier alpha value is -1.77. The molecule has 0 saturated carbocycles. The van der Waals surface area contributed by atoms with Crippen molar-refractivity contribution in [3.05, 3.63) is 23.8 Å². The molecule has 0 heterocycles. The molecular formula is C12H16N2O3. The lowest BCUT2D eigenvalue weighted by atomic mass is 10.1. The predicted octanol–water partition coefficient (Wildman–Crippen LogP) is 0.937. The summed E-state index contributed by atoms with van der Waals surface area (Å²) < 4.78 is 4.98. The first kappa shape index (κ1) is 13.3. The molecule has 1 unspecified atom stereocenters. The highest BCUT2D eigenvalue weighted by Crippen LogP contribution is 2.28. The number of nitrogens with one attached hydrogen (secondary N) is 1. The van der Waals surface area contributed by atoms with Crippen LogP contribution in [0.2, 0.25) is 0 Å². The van der Waals surface area contributed by atoms with Gasteiger partial charge in [-0.3, -0.25) is 5.32 Å². The monoisotopic (exact) mass is 236 g/mol. The lowest BCUT2D eigenvalue weighted by Gasteiger charge is -2.13. The van der Waals surface area contributed by atoms with Gasteiger partial charge in [-0.2, -0.15) is 5.26 Å². The molecule has 17 heavy (non-hydrogen) atoms. The smallest absolute Gasteiger partial charge is 0.160 e. The van der Waals surface area contributed by atoms with Crippen molar-refractivity contribution >= 4 is 0 Å². The summed E-state index contributed by atoms with van der Waals surface area (Å²) >= 11 is 0. The molecule has 0 aliphatic rings. The zero-order valence-corrected chi connectivity index (χ0v) is 9.68. The van der Waals surface area contributed by atoms with E-state index in [0.717, 1.165) is 5.56 Å². The highest BCUT2D eigenvalue weighted by molar-refractivity contribution is 5.43. The van der Waals surface area contributed by atoms with E-state index < -0.39 is 6.04 Å². The van der Waals surface area contributed by atoms with Crippen LogP contribution in [0.15, 0.2) is 18.2 Å². The molecule has 0 aliphatic heterocycles. The summed E-state index contributed by atoms with van der Waals surface area (Å²) in [5.74, 6) is 0.384. The molecule has 3 N–H and O–H groups in total. The van der Waals surface area contributed by atoms with Crippen molar-refractivity contribution in [1.82, 2.24) is 5.32 Å². The van der Waals surface area contributed by atoms with E-state index >= 15 is 0 Å². The minimum atomic E-state index is -0.476. The number of phenolic OH excluding ortho intramolecular Hbond substituents is 1. The third-order valence-electron chi connectivity index (χ3n) is 2.35. The third kappa shape index (κ3) is 3.63. The number of aliphatic hydroxyl groups is 1. The van der Waals surface area contributed by atoms with Gasteiger partial charge in [0, 0.05) is 6.61 Å². The van der Waals surface area contributed by atoms with Crippen LogP contribution >= 0.6 is 0 Å². The van der Waals surface area contributed by atoms with Gasteiger partial charge in [-0.1, -0.05) is 6.07 Å². The molecule has 1 rings (SSSR count). The maximum Gasteiger partial charge on any atom is 0.160 e. The zero-order chi connectivity index (χ0) is 12.7. The molecule has 5 nitrogen and oxygen atoms in total. The SMILES string of the molecule is COc1cc(C(C#N)NCCCO)ccc1O. The van der Waals surface area contributed by atoms with Crippen LogP contribution in [0.5, 0.6) is 11.5 Å². The number of aromatic hydroxyl groups is 1. The molecule has 0 aliphatic carbocycles. The second-order valence-corrected chi connectivity index (χ2v) is 3.52. The normalized spacial score (nSPS) is 11.8. The van der Waals surface area contributed by atoms with Gasteiger partial charge >= 0.3 is 0 Å². The molecule has 1 atom stereocenters. The second kappa shape index (κ2) is 6.74. The van der Waals surface area contributed by atoms with Crippen LogP contribution < -0.4 is 10.1 Å². The minimum absolute atomic E-state index is 0.0447. The summed E-state index contributed by atoms with van der Waals surface area (Å²) in [6, 6.07) is 6.42. The summed E-state index contributed by atoms with van der Waals surface area (Å²) in [7, 11) is 1.46. The standard InChI is InChI=1S/C12H16N2O3/c1-17-12-7-9(3-4-11(12)16)10(8-13)14-5-2-6-15/h3-4,7,10,14-16H,2,5-6H2,1H3.